The Morgan fingerprint density at radius 1 is 1.39 bits per heavy atom. The van der Waals surface area contributed by atoms with Gasteiger partial charge in [-0.05, 0) is 19.1 Å². The number of hydrogen-bond acceptors (Lipinski definition) is 3. The van der Waals surface area contributed by atoms with Crippen LogP contribution < -0.4 is 10.6 Å². The zero-order valence-corrected chi connectivity index (χ0v) is 11.4. The van der Waals surface area contributed by atoms with Crippen molar-refractivity contribution in [1.29, 1.82) is 0 Å². The largest absolute Gasteiger partial charge is 0.393 e. The molecule has 1 aromatic heterocycles. The van der Waals surface area contributed by atoms with Gasteiger partial charge in [0.1, 0.15) is 0 Å². The second-order valence-corrected chi connectivity index (χ2v) is 5.00. The number of benzene rings is 1. The fraction of sp³-hybridized carbons (Fsp3) is 0.286. The number of nitrogens with two attached hydrogens (primary N) is 1. The highest BCUT2D eigenvalue weighted by molar-refractivity contribution is 7.80. The van der Waals surface area contributed by atoms with E-state index in [2.05, 4.69) is 29.9 Å². The van der Waals surface area contributed by atoms with Crippen molar-refractivity contribution >= 4 is 33.8 Å². The monoisotopic (exact) mass is 259 g/mol. The fourth-order valence-corrected chi connectivity index (χ4v) is 2.30. The smallest absolute Gasteiger partial charge is 0.0747 e. The molecule has 4 heteroatoms. The molecule has 2 N–H and O–H groups in total. The molecule has 1 atom stereocenters. The standard InChI is InChI=1S/C14H17N3S/c1-10(9-14(15)18)17(2)13-7-8-16-12-6-4-3-5-11(12)13/h3-8,10H,9H2,1-2H3,(H2,15,18). The van der Waals surface area contributed by atoms with Crippen molar-refractivity contribution in [3.8, 4) is 0 Å². The van der Waals surface area contributed by atoms with Gasteiger partial charge in [-0.2, -0.15) is 0 Å². The van der Waals surface area contributed by atoms with Crippen molar-refractivity contribution in [1.82, 2.24) is 4.98 Å². The minimum Gasteiger partial charge on any atom is -0.393 e. The summed E-state index contributed by atoms with van der Waals surface area (Å²) in [6.07, 6.45) is 2.55. The van der Waals surface area contributed by atoms with E-state index in [1.807, 2.05) is 30.5 Å². The van der Waals surface area contributed by atoms with E-state index in [4.69, 9.17) is 18.0 Å². The Hall–Kier alpha value is -1.68. The Labute approximate surface area is 113 Å². The molecule has 0 bridgehead atoms. The van der Waals surface area contributed by atoms with Crippen LogP contribution in [-0.4, -0.2) is 23.1 Å². The van der Waals surface area contributed by atoms with Crippen molar-refractivity contribution in [2.75, 3.05) is 11.9 Å². The average Bonchev–Trinajstić information content (AvgIpc) is 2.36. The molecule has 0 aliphatic heterocycles. The predicted octanol–water partition coefficient (Wildman–Crippen LogP) is 2.74. The number of hydrogen-bond donors (Lipinski definition) is 1. The van der Waals surface area contributed by atoms with Crippen LogP contribution in [-0.2, 0) is 0 Å². The third kappa shape index (κ3) is 2.59. The Kier molecular flexibility index (Phi) is 3.77. The van der Waals surface area contributed by atoms with E-state index in [-0.39, 0.29) is 6.04 Å². The summed E-state index contributed by atoms with van der Waals surface area (Å²) in [6.45, 7) is 2.12. The van der Waals surface area contributed by atoms with Crippen LogP contribution in [0.5, 0.6) is 0 Å². The number of aromatic nitrogens is 1. The third-order valence-corrected chi connectivity index (χ3v) is 3.33. The lowest BCUT2D eigenvalue weighted by atomic mass is 10.1. The van der Waals surface area contributed by atoms with E-state index >= 15 is 0 Å². The van der Waals surface area contributed by atoms with Crippen LogP contribution in [0.3, 0.4) is 0 Å². The third-order valence-electron chi connectivity index (χ3n) is 3.16. The molecule has 1 aromatic carbocycles. The molecule has 0 fully saturated rings. The molecule has 3 nitrogen and oxygen atoms in total. The first-order chi connectivity index (χ1) is 8.59. The van der Waals surface area contributed by atoms with Crippen LogP contribution in [0, 0.1) is 0 Å². The molecule has 0 aliphatic rings. The van der Waals surface area contributed by atoms with E-state index < -0.39 is 0 Å². The first-order valence-corrected chi connectivity index (χ1v) is 6.35. The van der Waals surface area contributed by atoms with Gasteiger partial charge in [0, 0.05) is 36.8 Å². The van der Waals surface area contributed by atoms with E-state index in [0.717, 1.165) is 16.6 Å². The number of fused-ring (bicyclic) bond motifs is 1. The van der Waals surface area contributed by atoms with Gasteiger partial charge in [-0.1, -0.05) is 30.4 Å². The lowest BCUT2D eigenvalue weighted by Gasteiger charge is -2.27. The highest BCUT2D eigenvalue weighted by Crippen LogP contribution is 2.26. The molecule has 2 aromatic rings. The Morgan fingerprint density at radius 3 is 2.83 bits per heavy atom. The quantitative estimate of drug-likeness (QED) is 0.857. The van der Waals surface area contributed by atoms with Crippen LogP contribution in [0.1, 0.15) is 13.3 Å². The van der Waals surface area contributed by atoms with E-state index in [1.54, 1.807) is 0 Å². The van der Waals surface area contributed by atoms with Gasteiger partial charge in [0.2, 0.25) is 0 Å². The molecule has 2 rings (SSSR count). The zero-order valence-electron chi connectivity index (χ0n) is 10.6. The van der Waals surface area contributed by atoms with E-state index in [0.29, 0.717) is 11.4 Å². The summed E-state index contributed by atoms with van der Waals surface area (Å²) in [5.74, 6) is 0. The van der Waals surface area contributed by atoms with Gasteiger partial charge in [-0.25, -0.2) is 0 Å². The van der Waals surface area contributed by atoms with E-state index in [1.165, 1.54) is 0 Å². The Balaban J connectivity index is 2.38. The predicted molar refractivity (Wildman–Crippen MR) is 81.0 cm³/mol. The van der Waals surface area contributed by atoms with Crippen LogP contribution in [0.4, 0.5) is 5.69 Å². The molecule has 0 saturated carbocycles. The lowest BCUT2D eigenvalue weighted by Crippen LogP contribution is -2.32. The molecule has 0 spiro atoms. The molecule has 0 radical (unpaired) electrons. The summed E-state index contributed by atoms with van der Waals surface area (Å²) < 4.78 is 0. The molecular weight excluding hydrogens is 242 g/mol. The first kappa shape index (κ1) is 12.8. The van der Waals surface area contributed by atoms with Gasteiger partial charge >= 0.3 is 0 Å². The maximum absolute atomic E-state index is 5.61. The summed E-state index contributed by atoms with van der Waals surface area (Å²) in [7, 11) is 2.06. The summed E-state index contributed by atoms with van der Waals surface area (Å²) in [4.78, 5) is 7.11. The topological polar surface area (TPSA) is 42.1 Å². The van der Waals surface area contributed by atoms with Crippen LogP contribution in [0.25, 0.3) is 10.9 Å². The lowest BCUT2D eigenvalue weighted by molar-refractivity contribution is 0.716. The van der Waals surface area contributed by atoms with Gasteiger partial charge < -0.3 is 10.6 Å². The number of rotatable bonds is 4. The highest BCUT2D eigenvalue weighted by Gasteiger charge is 2.13. The molecule has 94 valence electrons. The van der Waals surface area contributed by atoms with Gasteiger partial charge in [0.15, 0.2) is 0 Å². The minimum absolute atomic E-state index is 0.272. The van der Waals surface area contributed by atoms with Crippen molar-refractivity contribution in [3.05, 3.63) is 36.5 Å². The minimum atomic E-state index is 0.272. The van der Waals surface area contributed by atoms with Crippen molar-refractivity contribution in [2.24, 2.45) is 5.73 Å². The van der Waals surface area contributed by atoms with Crippen LogP contribution in [0.15, 0.2) is 36.5 Å². The van der Waals surface area contributed by atoms with E-state index in [9.17, 15) is 0 Å². The summed E-state index contributed by atoms with van der Waals surface area (Å²) in [5, 5.41) is 1.15. The maximum atomic E-state index is 5.61. The Morgan fingerprint density at radius 2 is 2.11 bits per heavy atom. The van der Waals surface area contributed by atoms with Crippen LogP contribution >= 0.6 is 12.2 Å². The molecule has 18 heavy (non-hydrogen) atoms. The molecule has 0 saturated heterocycles. The van der Waals surface area contributed by atoms with Crippen LogP contribution in [0.2, 0.25) is 0 Å². The van der Waals surface area contributed by atoms with Crippen molar-refractivity contribution < 1.29 is 0 Å². The second kappa shape index (κ2) is 5.31. The fourth-order valence-electron chi connectivity index (χ4n) is 2.05. The highest BCUT2D eigenvalue weighted by atomic mass is 32.1. The van der Waals surface area contributed by atoms with Gasteiger partial charge in [-0.3, -0.25) is 4.98 Å². The summed E-state index contributed by atoms with van der Waals surface area (Å²) >= 11 is 4.98. The first-order valence-electron chi connectivity index (χ1n) is 5.94. The van der Waals surface area contributed by atoms with Crippen molar-refractivity contribution in [3.63, 3.8) is 0 Å². The maximum Gasteiger partial charge on any atom is 0.0747 e. The summed E-state index contributed by atoms with van der Waals surface area (Å²) in [6, 6.07) is 10.4. The summed E-state index contributed by atoms with van der Waals surface area (Å²) in [5.41, 5.74) is 7.78. The van der Waals surface area contributed by atoms with Gasteiger partial charge in [-0.15, -0.1) is 0 Å². The van der Waals surface area contributed by atoms with Gasteiger partial charge in [0.05, 0.1) is 10.5 Å². The number of para-hydroxylation sites is 1. The number of pyridine rings is 1. The number of anilines is 1. The molecule has 1 unspecified atom stereocenters. The SMILES string of the molecule is CC(CC(N)=S)N(C)c1ccnc2ccccc12. The Bertz CT molecular complexity index is 562. The zero-order chi connectivity index (χ0) is 13.1. The molecule has 0 aliphatic carbocycles. The number of nitrogens with zero attached hydrogens (tertiary/aromatic N) is 2. The molecular formula is C14H17N3S. The molecule has 0 amide bonds. The number of thiocarbonyl (C=S) groups is 1. The van der Waals surface area contributed by atoms with Crippen molar-refractivity contribution in [2.45, 2.75) is 19.4 Å². The second-order valence-electron chi connectivity index (χ2n) is 4.48. The normalized spacial score (nSPS) is 12.3. The molecule has 1 heterocycles. The van der Waals surface area contributed by atoms with Gasteiger partial charge in [0.25, 0.3) is 0 Å². The average molecular weight is 259 g/mol.